The normalized spacial score (nSPS) is 26.0. The Kier molecular flexibility index (Phi) is 4.50. The van der Waals surface area contributed by atoms with E-state index in [1.54, 1.807) is 0 Å². The average molecular weight is 364 g/mol. The van der Waals surface area contributed by atoms with Gasteiger partial charge in [0.05, 0.1) is 6.20 Å². The molecule has 2 aliphatic rings. The van der Waals surface area contributed by atoms with Crippen LogP contribution in [-0.4, -0.2) is 33.5 Å². The maximum Gasteiger partial charge on any atom is 0.150 e. The van der Waals surface area contributed by atoms with Crippen LogP contribution in [0.15, 0.2) is 42.9 Å². The second-order valence-corrected chi connectivity index (χ2v) is 8.18. The molecule has 3 atom stereocenters. The summed E-state index contributed by atoms with van der Waals surface area (Å²) >= 11 is 0. The maximum atomic E-state index is 5.85. The molecule has 142 valence electrons. The first kappa shape index (κ1) is 17.0. The van der Waals surface area contributed by atoms with E-state index in [-0.39, 0.29) is 6.23 Å². The van der Waals surface area contributed by atoms with E-state index in [0.717, 1.165) is 44.0 Å². The molecule has 3 unspecified atom stereocenters. The van der Waals surface area contributed by atoms with Crippen LogP contribution in [0.25, 0.3) is 22.0 Å². The van der Waals surface area contributed by atoms with Crippen molar-refractivity contribution in [2.45, 2.75) is 51.4 Å². The number of nitrogens with one attached hydrogen (secondary N) is 1. The summed E-state index contributed by atoms with van der Waals surface area (Å²) in [6.07, 6.45) is 11.1. The van der Waals surface area contributed by atoms with Crippen LogP contribution in [0, 0.1) is 5.92 Å². The van der Waals surface area contributed by atoms with E-state index in [9.17, 15) is 0 Å². The molecule has 0 saturated carbocycles. The van der Waals surface area contributed by atoms with Gasteiger partial charge in [0.2, 0.25) is 0 Å². The van der Waals surface area contributed by atoms with Crippen molar-refractivity contribution in [1.82, 2.24) is 19.7 Å². The predicted octanol–water partition coefficient (Wildman–Crippen LogP) is 4.20. The van der Waals surface area contributed by atoms with Crippen LogP contribution >= 0.6 is 0 Å². The van der Waals surface area contributed by atoms with Gasteiger partial charge >= 0.3 is 0 Å². The molecule has 27 heavy (non-hydrogen) atoms. The zero-order valence-electron chi connectivity index (χ0n) is 16.0. The second kappa shape index (κ2) is 7.13. The number of hydrogen-bond acceptors (Lipinski definition) is 3. The molecule has 2 fully saturated rings. The van der Waals surface area contributed by atoms with Crippen LogP contribution in [0.5, 0.6) is 0 Å². The standard InChI is InChI=1S/C22H28N4O/c1-16-10-17(12-23-16)14-25-8-7-19-11-18(5-6-21(19)25)20-13-24-26(15-20)22-4-2-3-9-27-22/h5-8,11,13,15-17,22-23H,2-4,9-10,12,14H2,1H3. The third-order valence-electron chi connectivity index (χ3n) is 6.05. The summed E-state index contributed by atoms with van der Waals surface area (Å²) in [7, 11) is 0. The number of rotatable bonds is 4. The molecule has 2 aromatic heterocycles. The van der Waals surface area contributed by atoms with Gasteiger partial charge in [-0.3, -0.25) is 0 Å². The van der Waals surface area contributed by atoms with E-state index in [1.807, 2.05) is 10.9 Å². The summed E-state index contributed by atoms with van der Waals surface area (Å²) in [5.74, 6) is 0.726. The number of aromatic nitrogens is 3. The van der Waals surface area contributed by atoms with Crippen molar-refractivity contribution in [2.75, 3.05) is 13.2 Å². The Morgan fingerprint density at radius 2 is 2.19 bits per heavy atom. The van der Waals surface area contributed by atoms with Crippen molar-refractivity contribution in [3.63, 3.8) is 0 Å². The fourth-order valence-corrected chi connectivity index (χ4v) is 4.57. The van der Waals surface area contributed by atoms with Gasteiger partial charge in [-0.2, -0.15) is 5.10 Å². The van der Waals surface area contributed by atoms with E-state index in [2.05, 4.69) is 58.6 Å². The summed E-state index contributed by atoms with van der Waals surface area (Å²) < 4.78 is 10.2. The van der Waals surface area contributed by atoms with Gasteiger partial charge in [0.1, 0.15) is 6.23 Å². The molecule has 2 saturated heterocycles. The van der Waals surface area contributed by atoms with Crippen molar-refractivity contribution in [3.8, 4) is 11.1 Å². The highest BCUT2D eigenvalue weighted by atomic mass is 16.5. The number of hydrogen-bond donors (Lipinski definition) is 1. The monoisotopic (exact) mass is 364 g/mol. The summed E-state index contributed by atoms with van der Waals surface area (Å²) in [4.78, 5) is 0. The van der Waals surface area contributed by atoms with Crippen LogP contribution in [0.1, 0.15) is 38.8 Å². The molecular formula is C22H28N4O. The lowest BCUT2D eigenvalue weighted by atomic mass is 10.1. The topological polar surface area (TPSA) is 44.0 Å². The molecule has 5 nitrogen and oxygen atoms in total. The molecule has 2 aliphatic heterocycles. The Morgan fingerprint density at radius 1 is 1.22 bits per heavy atom. The van der Waals surface area contributed by atoms with Gasteiger partial charge in [0.25, 0.3) is 0 Å². The lowest BCUT2D eigenvalue weighted by Crippen LogP contribution is -2.18. The lowest BCUT2D eigenvalue weighted by molar-refractivity contribution is -0.0394. The molecule has 0 spiro atoms. The van der Waals surface area contributed by atoms with Gasteiger partial charge in [-0.15, -0.1) is 0 Å². The predicted molar refractivity (Wildman–Crippen MR) is 108 cm³/mol. The smallest absolute Gasteiger partial charge is 0.150 e. The minimum Gasteiger partial charge on any atom is -0.357 e. The van der Waals surface area contributed by atoms with Crippen molar-refractivity contribution in [2.24, 2.45) is 5.92 Å². The van der Waals surface area contributed by atoms with Gasteiger partial charge in [-0.05, 0) is 68.8 Å². The molecule has 1 aromatic carbocycles. The lowest BCUT2D eigenvalue weighted by Gasteiger charge is -2.22. The molecule has 1 N–H and O–H groups in total. The minimum absolute atomic E-state index is 0.0970. The molecule has 0 bridgehead atoms. The Morgan fingerprint density at radius 3 is 3.00 bits per heavy atom. The second-order valence-electron chi connectivity index (χ2n) is 8.18. The van der Waals surface area contributed by atoms with Crippen LogP contribution in [0.2, 0.25) is 0 Å². The largest absolute Gasteiger partial charge is 0.357 e. The molecule has 3 aromatic rings. The molecule has 5 heteroatoms. The Balaban J connectivity index is 1.36. The number of ether oxygens (including phenoxy) is 1. The molecule has 4 heterocycles. The highest BCUT2D eigenvalue weighted by Crippen LogP contribution is 2.28. The first-order valence-electron chi connectivity index (χ1n) is 10.2. The van der Waals surface area contributed by atoms with Crippen LogP contribution in [0.3, 0.4) is 0 Å². The molecule has 0 aliphatic carbocycles. The van der Waals surface area contributed by atoms with Gasteiger partial charge in [0, 0.05) is 48.1 Å². The van der Waals surface area contributed by atoms with Crippen molar-refractivity contribution >= 4 is 10.9 Å². The summed E-state index contributed by atoms with van der Waals surface area (Å²) in [6, 6.07) is 9.64. The number of fused-ring (bicyclic) bond motifs is 1. The summed E-state index contributed by atoms with van der Waals surface area (Å²) in [5.41, 5.74) is 3.70. The van der Waals surface area contributed by atoms with E-state index in [1.165, 1.54) is 29.3 Å². The first-order valence-corrected chi connectivity index (χ1v) is 10.2. The number of benzene rings is 1. The van der Waals surface area contributed by atoms with Crippen LogP contribution < -0.4 is 5.32 Å². The van der Waals surface area contributed by atoms with E-state index in [4.69, 9.17) is 4.74 Å². The third kappa shape index (κ3) is 3.42. The third-order valence-corrected chi connectivity index (χ3v) is 6.05. The van der Waals surface area contributed by atoms with E-state index >= 15 is 0 Å². The Hall–Kier alpha value is -2.11. The van der Waals surface area contributed by atoms with Crippen LogP contribution in [-0.2, 0) is 11.3 Å². The Bertz CT molecular complexity index is 921. The summed E-state index contributed by atoms with van der Waals surface area (Å²) in [6.45, 7) is 5.34. The van der Waals surface area contributed by atoms with Crippen LogP contribution in [0.4, 0.5) is 0 Å². The van der Waals surface area contributed by atoms with Crippen molar-refractivity contribution in [1.29, 1.82) is 0 Å². The molecular weight excluding hydrogens is 336 g/mol. The maximum absolute atomic E-state index is 5.85. The highest BCUT2D eigenvalue weighted by molar-refractivity contribution is 5.85. The zero-order valence-corrected chi connectivity index (χ0v) is 16.0. The quantitative estimate of drug-likeness (QED) is 0.754. The van der Waals surface area contributed by atoms with Crippen molar-refractivity contribution < 1.29 is 4.74 Å². The minimum atomic E-state index is 0.0970. The first-order chi connectivity index (χ1) is 13.3. The average Bonchev–Trinajstić information content (AvgIpc) is 3.43. The van der Waals surface area contributed by atoms with Gasteiger partial charge in [-0.25, -0.2) is 4.68 Å². The summed E-state index contributed by atoms with van der Waals surface area (Å²) in [5, 5.41) is 9.41. The SMILES string of the molecule is CC1CC(Cn2ccc3cc(-c4cnn(C5CCCCO5)c4)ccc32)CN1. The van der Waals surface area contributed by atoms with Crippen molar-refractivity contribution in [3.05, 3.63) is 42.9 Å². The highest BCUT2D eigenvalue weighted by Gasteiger charge is 2.21. The van der Waals surface area contributed by atoms with Gasteiger partial charge in [-0.1, -0.05) is 6.07 Å². The Labute approximate surface area is 160 Å². The van der Waals surface area contributed by atoms with E-state index < -0.39 is 0 Å². The number of nitrogens with zero attached hydrogens (tertiary/aromatic N) is 3. The van der Waals surface area contributed by atoms with E-state index in [0.29, 0.717) is 6.04 Å². The molecule has 0 radical (unpaired) electrons. The van der Waals surface area contributed by atoms with Gasteiger partial charge in [0.15, 0.2) is 0 Å². The fourth-order valence-electron chi connectivity index (χ4n) is 4.57. The van der Waals surface area contributed by atoms with Gasteiger partial charge < -0.3 is 14.6 Å². The molecule has 0 amide bonds. The zero-order chi connectivity index (χ0) is 18.2. The molecule has 5 rings (SSSR count). The fraction of sp³-hybridized carbons (Fsp3) is 0.500.